The van der Waals surface area contributed by atoms with Gasteiger partial charge in [0.05, 0.1) is 11.7 Å². The molecule has 2 aromatic heterocycles. The number of nitrogens with two attached hydrogens (primary N) is 1. The second kappa shape index (κ2) is 14.5. The number of halogens is 6. The van der Waals surface area contributed by atoms with Crippen LogP contribution in [-0.2, 0) is 30.5 Å². The van der Waals surface area contributed by atoms with Crippen molar-refractivity contribution in [3.05, 3.63) is 101 Å². The van der Waals surface area contributed by atoms with Crippen LogP contribution in [0.2, 0.25) is 0 Å². The van der Waals surface area contributed by atoms with Crippen molar-refractivity contribution in [3.63, 3.8) is 0 Å². The van der Waals surface area contributed by atoms with Crippen LogP contribution in [0.15, 0.2) is 60.9 Å². The smallest absolute Gasteiger partial charge is 0.346 e. The molecule has 5 N–H and O–H groups in total. The predicted octanol–water partition coefficient (Wildman–Crippen LogP) is 5.44. The summed E-state index contributed by atoms with van der Waals surface area (Å²) in [6.45, 7) is 1.74. The fourth-order valence-electron chi connectivity index (χ4n) is 4.80. The molecule has 0 bridgehead atoms. The molecule has 9 nitrogen and oxygen atoms in total. The predicted molar refractivity (Wildman–Crippen MR) is 153 cm³/mol. The van der Waals surface area contributed by atoms with E-state index in [1.54, 1.807) is 12.1 Å². The molecule has 0 saturated carbocycles. The van der Waals surface area contributed by atoms with Gasteiger partial charge in [0.25, 0.3) is 0 Å². The number of nitrogens with zero attached hydrogens (tertiary/aromatic N) is 4. The molecule has 0 radical (unpaired) electrons. The number of benzene rings is 2. The molecule has 15 heteroatoms. The van der Waals surface area contributed by atoms with E-state index >= 15 is 0 Å². The van der Waals surface area contributed by atoms with E-state index in [1.165, 1.54) is 18.3 Å². The molecule has 2 heterocycles. The number of hydrogen-bond acceptors (Lipinski definition) is 7. The lowest BCUT2D eigenvalue weighted by Crippen LogP contribution is -2.34. The molecule has 0 aliphatic heterocycles. The van der Waals surface area contributed by atoms with Crippen molar-refractivity contribution >= 4 is 11.6 Å². The average molecular weight is 636 g/mol. The van der Waals surface area contributed by atoms with Crippen LogP contribution < -0.4 is 21.6 Å². The Morgan fingerprint density at radius 3 is 2.51 bits per heavy atom. The van der Waals surface area contributed by atoms with E-state index in [0.29, 0.717) is 23.7 Å². The molecule has 4 rings (SSSR count). The first kappa shape index (κ1) is 33.4. The molecular formula is C30H31F6N7O2. The Morgan fingerprint density at radius 1 is 1.11 bits per heavy atom. The van der Waals surface area contributed by atoms with E-state index in [2.05, 4.69) is 20.7 Å². The fraction of sp³-hybridized carbons (Fsp3) is 0.300. The zero-order valence-corrected chi connectivity index (χ0v) is 24.1. The number of aromatic nitrogens is 3. The number of anilines is 1. The van der Waals surface area contributed by atoms with E-state index in [9.17, 15) is 36.3 Å². The number of hydrazine groups is 1. The Kier molecular flexibility index (Phi) is 10.8. The summed E-state index contributed by atoms with van der Waals surface area (Å²) >= 11 is 0. The molecule has 1 amide bonds. The Labute approximate surface area is 254 Å². The van der Waals surface area contributed by atoms with E-state index in [-0.39, 0.29) is 40.6 Å². The SMILES string of the molecule is CCCCNCc1cn(CC(=O)NC(Cc2cc(F)cc(F)c2)c2ncccc2-c2ccc(F)c(N(N)O)c2)nc1C(F)(F)F. The second-order valence-corrected chi connectivity index (χ2v) is 10.3. The van der Waals surface area contributed by atoms with Gasteiger partial charge in [-0.1, -0.05) is 25.5 Å². The molecule has 1 atom stereocenters. The maximum Gasteiger partial charge on any atom is 0.435 e. The standard InChI is InChI=1S/C30H31F6N7O2/c1-2-3-8-38-15-20-16-42(41-29(20)30(34,35)36)17-27(44)40-25(12-18-10-21(31)14-22(32)11-18)28-23(5-4-9-39-28)19-6-7-24(33)26(13-19)43(37)45/h4-7,9-11,13-14,16,25,38,45H,2-3,8,12,15,17,37H2,1H3,(H,40,44). The van der Waals surface area contributed by atoms with Gasteiger partial charge in [0.1, 0.15) is 23.9 Å². The van der Waals surface area contributed by atoms with E-state index in [0.717, 1.165) is 41.9 Å². The third-order valence-electron chi connectivity index (χ3n) is 6.80. The quantitative estimate of drug-likeness (QED) is 0.0668. The Balaban J connectivity index is 1.67. The van der Waals surface area contributed by atoms with Crippen LogP contribution in [0.3, 0.4) is 0 Å². The molecule has 0 spiro atoms. The first-order valence-electron chi connectivity index (χ1n) is 13.9. The van der Waals surface area contributed by atoms with Gasteiger partial charge in [-0.05, 0) is 60.8 Å². The van der Waals surface area contributed by atoms with Crippen LogP contribution in [0.25, 0.3) is 11.1 Å². The minimum Gasteiger partial charge on any atom is -0.346 e. The van der Waals surface area contributed by atoms with Gasteiger partial charge in [-0.25, -0.2) is 19.0 Å². The lowest BCUT2D eigenvalue weighted by Gasteiger charge is -2.22. The molecular weight excluding hydrogens is 604 g/mol. The molecule has 45 heavy (non-hydrogen) atoms. The van der Waals surface area contributed by atoms with Crippen LogP contribution >= 0.6 is 0 Å². The number of rotatable bonds is 13. The number of hydrogen-bond donors (Lipinski definition) is 4. The fourth-order valence-corrected chi connectivity index (χ4v) is 4.80. The highest BCUT2D eigenvalue weighted by molar-refractivity contribution is 5.77. The largest absolute Gasteiger partial charge is 0.435 e. The Bertz CT molecular complexity index is 1610. The third-order valence-corrected chi connectivity index (χ3v) is 6.80. The molecule has 2 aromatic carbocycles. The minimum atomic E-state index is -4.75. The number of pyridine rings is 1. The van der Waals surface area contributed by atoms with E-state index in [4.69, 9.17) is 5.84 Å². The van der Waals surface area contributed by atoms with Gasteiger partial charge in [0.15, 0.2) is 11.5 Å². The molecule has 0 aliphatic rings. The zero-order chi connectivity index (χ0) is 32.7. The molecule has 0 saturated heterocycles. The highest BCUT2D eigenvalue weighted by Gasteiger charge is 2.37. The number of carbonyl (C=O) groups excluding carboxylic acids is 1. The van der Waals surface area contributed by atoms with Gasteiger partial charge in [-0.2, -0.15) is 23.4 Å². The van der Waals surface area contributed by atoms with E-state index < -0.39 is 47.8 Å². The first-order valence-corrected chi connectivity index (χ1v) is 13.9. The summed E-state index contributed by atoms with van der Waals surface area (Å²) in [4.78, 5) is 17.6. The monoisotopic (exact) mass is 635 g/mol. The maximum atomic E-state index is 14.2. The molecule has 4 aromatic rings. The van der Waals surface area contributed by atoms with Crippen molar-refractivity contribution in [1.29, 1.82) is 0 Å². The zero-order valence-electron chi connectivity index (χ0n) is 24.1. The molecule has 240 valence electrons. The van der Waals surface area contributed by atoms with Crippen molar-refractivity contribution in [2.75, 3.05) is 11.7 Å². The molecule has 1 unspecified atom stereocenters. The number of amides is 1. The highest BCUT2D eigenvalue weighted by atomic mass is 19.4. The van der Waals surface area contributed by atoms with Gasteiger partial charge < -0.3 is 10.6 Å². The van der Waals surface area contributed by atoms with Crippen LogP contribution in [0.5, 0.6) is 0 Å². The minimum absolute atomic E-state index is 0.0938. The topological polar surface area (TPSA) is 121 Å². The Hall–Kier alpha value is -4.47. The maximum absolute atomic E-state index is 14.2. The second-order valence-electron chi connectivity index (χ2n) is 10.3. The van der Waals surface area contributed by atoms with Gasteiger partial charge in [0, 0.05) is 36.1 Å². The van der Waals surface area contributed by atoms with Crippen molar-refractivity contribution < 1.29 is 36.3 Å². The summed E-state index contributed by atoms with van der Waals surface area (Å²) in [7, 11) is 0. The number of nitrogens with one attached hydrogen (secondary N) is 2. The van der Waals surface area contributed by atoms with Crippen molar-refractivity contribution in [3.8, 4) is 11.1 Å². The van der Waals surface area contributed by atoms with Crippen molar-refractivity contribution in [2.24, 2.45) is 5.84 Å². The van der Waals surface area contributed by atoms with Gasteiger partial charge >= 0.3 is 6.18 Å². The Morgan fingerprint density at radius 2 is 1.84 bits per heavy atom. The van der Waals surface area contributed by atoms with Crippen LogP contribution in [-0.4, -0.2) is 32.4 Å². The van der Waals surface area contributed by atoms with Gasteiger partial charge in [0.2, 0.25) is 5.91 Å². The normalized spacial score (nSPS) is 12.3. The van der Waals surface area contributed by atoms with Crippen molar-refractivity contribution in [2.45, 2.75) is 51.5 Å². The third kappa shape index (κ3) is 8.80. The number of alkyl halides is 3. The molecule has 0 fully saturated rings. The summed E-state index contributed by atoms with van der Waals surface area (Å²) in [5.74, 6) is 2.02. The summed E-state index contributed by atoms with van der Waals surface area (Å²) < 4.78 is 84.4. The summed E-state index contributed by atoms with van der Waals surface area (Å²) in [6.07, 6.45) is -0.767. The number of unbranched alkanes of at least 4 members (excludes halogenated alkanes) is 1. The first-order chi connectivity index (χ1) is 21.3. The molecule has 0 aliphatic carbocycles. The highest BCUT2D eigenvalue weighted by Crippen LogP contribution is 2.33. The summed E-state index contributed by atoms with van der Waals surface area (Å²) in [5, 5.41) is 19.0. The average Bonchev–Trinajstić information content (AvgIpc) is 3.37. The van der Waals surface area contributed by atoms with Crippen LogP contribution in [0, 0.1) is 17.5 Å². The summed E-state index contributed by atoms with van der Waals surface area (Å²) in [5.41, 5.74) is -0.608. The lowest BCUT2D eigenvalue weighted by molar-refractivity contribution is -0.142. The lowest BCUT2D eigenvalue weighted by atomic mass is 9.95. The van der Waals surface area contributed by atoms with E-state index in [1.807, 2.05) is 6.92 Å². The van der Waals surface area contributed by atoms with Crippen LogP contribution in [0.1, 0.15) is 48.3 Å². The van der Waals surface area contributed by atoms with Crippen LogP contribution in [0.4, 0.5) is 32.0 Å². The van der Waals surface area contributed by atoms with Gasteiger partial charge in [-0.15, -0.1) is 0 Å². The number of carbonyl (C=O) groups is 1. The summed E-state index contributed by atoms with van der Waals surface area (Å²) in [6, 6.07) is 8.55. The van der Waals surface area contributed by atoms with Crippen molar-refractivity contribution in [1.82, 2.24) is 25.4 Å². The van der Waals surface area contributed by atoms with Gasteiger partial charge in [-0.3, -0.25) is 19.7 Å².